The number of nitrogens with two attached hydrogens (primary N) is 1. The highest BCUT2D eigenvalue weighted by atomic mass is 79.9. The van der Waals surface area contributed by atoms with Gasteiger partial charge in [0, 0.05) is 28.2 Å². The first kappa shape index (κ1) is 13.5. The van der Waals surface area contributed by atoms with Crippen molar-refractivity contribution in [2.24, 2.45) is 11.1 Å². The normalized spacial score (nSPS) is 25.4. The zero-order chi connectivity index (χ0) is 12.5. The molecule has 2 N–H and O–H groups in total. The van der Waals surface area contributed by atoms with Crippen LogP contribution in [0.25, 0.3) is 0 Å². The minimum Gasteiger partial charge on any atom is -0.330 e. The molecule has 1 fully saturated rings. The van der Waals surface area contributed by atoms with Crippen molar-refractivity contribution in [1.29, 1.82) is 0 Å². The Morgan fingerprint density at radius 2 is 2.29 bits per heavy atom. The third-order valence-corrected chi connectivity index (χ3v) is 4.51. The predicted molar refractivity (Wildman–Crippen MR) is 76.7 cm³/mol. The van der Waals surface area contributed by atoms with E-state index in [1.165, 1.54) is 6.42 Å². The van der Waals surface area contributed by atoms with Gasteiger partial charge in [-0.2, -0.15) is 0 Å². The van der Waals surface area contributed by atoms with Crippen LogP contribution in [0.1, 0.15) is 19.0 Å². The molecule has 5 heteroatoms. The number of nitrogens with zero attached hydrogens (tertiary/aromatic N) is 2. The number of pyridine rings is 1. The van der Waals surface area contributed by atoms with Gasteiger partial charge in [-0.1, -0.05) is 6.92 Å². The maximum atomic E-state index is 5.82. The molecule has 0 saturated carbocycles. The molecule has 3 nitrogen and oxygen atoms in total. The molecule has 0 bridgehead atoms. The average Bonchev–Trinajstić information content (AvgIpc) is 2.66. The van der Waals surface area contributed by atoms with Crippen molar-refractivity contribution < 1.29 is 0 Å². The first-order valence-electron chi connectivity index (χ1n) is 5.75. The molecule has 1 aliphatic heterocycles. The van der Waals surface area contributed by atoms with Crippen LogP contribution in [0.3, 0.4) is 0 Å². The molecule has 1 unspecified atom stereocenters. The van der Waals surface area contributed by atoms with Crippen molar-refractivity contribution in [1.82, 2.24) is 9.88 Å². The summed E-state index contributed by atoms with van der Waals surface area (Å²) in [6.45, 7) is 6.09. The zero-order valence-electron chi connectivity index (χ0n) is 9.92. The number of likely N-dealkylation sites (tertiary alicyclic amines) is 1. The maximum absolute atomic E-state index is 5.82. The molecule has 1 aromatic rings. The second-order valence-corrected chi connectivity index (χ2v) is 6.83. The van der Waals surface area contributed by atoms with E-state index in [-0.39, 0.29) is 5.41 Å². The lowest BCUT2D eigenvalue weighted by molar-refractivity contribution is 0.271. The summed E-state index contributed by atoms with van der Waals surface area (Å²) in [4.78, 5) is 6.87. The number of rotatable bonds is 3. The minimum absolute atomic E-state index is 0.280. The van der Waals surface area contributed by atoms with Gasteiger partial charge in [0.15, 0.2) is 0 Å². The van der Waals surface area contributed by atoms with E-state index < -0.39 is 0 Å². The quantitative estimate of drug-likeness (QED) is 0.898. The molecule has 0 spiro atoms. The number of hydrogen-bond acceptors (Lipinski definition) is 3. The van der Waals surface area contributed by atoms with Crippen LogP contribution in [0.2, 0.25) is 0 Å². The van der Waals surface area contributed by atoms with Crippen LogP contribution in [0.5, 0.6) is 0 Å². The second-order valence-electron chi connectivity index (χ2n) is 5.06. The summed E-state index contributed by atoms with van der Waals surface area (Å²) in [5.74, 6) is 0. The number of hydrogen-bond donors (Lipinski definition) is 1. The van der Waals surface area contributed by atoms with Gasteiger partial charge in [0.05, 0.1) is 5.69 Å². The molecule has 2 heterocycles. The second kappa shape index (κ2) is 5.34. The first-order valence-corrected chi connectivity index (χ1v) is 7.33. The summed E-state index contributed by atoms with van der Waals surface area (Å²) in [7, 11) is 0. The Hall–Kier alpha value is 0.0300. The van der Waals surface area contributed by atoms with Crippen LogP contribution in [0.15, 0.2) is 21.2 Å². The van der Waals surface area contributed by atoms with E-state index in [2.05, 4.69) is 48.7 Å². The third-order valence-electron chi connectivity index (χ3n) is 3.39. The van der Waals surface area contributed by atoms with Crippen molar-refractivity contribution in [2.75, 3.05) is 19.6 Å². The summed E-state index contributed by atoms with van der Waals surface area (Å²) in [5, 5.41) is 0. The Kier molecular flexibility index (Phi) is 4.23. The summed E-state index contributed by atoms with van der Waals surface area (Å²) in [6, 6.07) is 2.04. The lowest BCUT2D eigenvalue weighted by Crippen LogP contribution is -2.31. The molecule has 0 aliphatic carbocycles. The minimum atomic E-state index is 0.280. The molecule has 1 atom stereocenters. The van der Waals surface area contributed by atoms with Crippen LogP contribution in [0, 0.1) is 5.41 Å². The lowest BCUT2D eigenvalue weighted by Gasteiger charge is -2.22. The van der Waals surface area contributed by atoms with Crippen LogP contribution in [-0.2, 0) is 6.54 Å². The Labute approximate surface area is 119 Å². The van der Waals surface area contributed by atoms with Gasteiger partial charge >= 0.3 is 0 Å². The summed E-state index contributed by atoms with van der Waals surface area (Å²) < 4.78 is 2.06. The molecule has 0 amide bonds. The van der Waals surface area contributed by atoms with E-state index in [9.17, 15) is 0 Å². The largest absolute Gasteiger partial charge is 0.330 e. The van der Waals surface area contributed by atoms with Crippen molar-refractivity contribution in [3.8, 4) is 0 Å². The van der Waals surface area contributed by atoms with Gasteiger partial charge < -0.3 is 5.73 Å². The van der Waals surface area contributed by atoms with Crippen molar-refractivity contribution in [3.05, 3.63) is 26.9 Å². The third kappa shape index (κ3) is 3.28. The van der Waals surface area contributed by atoms with Gasteiger partial charge in [-0.15, -0.1) is 0 Å². The fraction of sp³-hybridized carbons (Fsp3) is 0.583. The molecule has 2 rings (SSSR count). The monoisotopic (exact) mass is 361 g/mol. The smallest absolute Gasteiger partial charge is 0.0686 e. The SMILES string of the molecule is CC1(CN)CCN(Cc2ncc(Br)cc2Br)C1. The molecule has 17 heavy (non-hydrogen) atoms. The fourth-order valence-corrected chi connectivity index (χ4v) is 3.31. The van der Waals surface area contributed by atoms with Crippen LogP contribution < -0.4 is 5.73 Å². The molecule has 1 aliphatic rings. The molecule has 0 radical (unpaired) electrons. The van der Waals surface area contributed by atoms with Crippen molar-refractivity contribution >= 4 is 31.9 Å². The molecular formula is C12H17Br2N3. The van der Waals surface area contributed by atoms with Gasteiger partial charge in [-0.25, -0.2) is 0 Å². The highest BCUT2D eigenvalue weighted by Gasteiger charge is 2.32. The molecular weight excluding hydrogens is 346 g/mol. The van der Waals surface area contributed by atoms with Crippen LogP contribution >= 0.6 is 31.9 Å². The van der Waals surface area contributed by atoms with E-state index in [0.717, 1.165) is 40.8 Å². The highest BCUT2D eigenvalue weighted by Crippen LogP contribution is 2.30. The zero-order valence-corrected chi connectivity index (χ0v) is 13.1. The standard InChI is InChI=1S/C12H17Br2N3/c1-12(7-15)2-3-17(8-12)6-11-10(14)4-9(13)5-16-11/h4-5H,2-3,6-8,15H2,1H3. The Bertz CT molecular complexity index is 411. The van der Waals surface area contributed by atoms with Crippen molar-refractivity contribution in [3.63, 3.8) is 0 Å². The van der Waals surface area contributed by atoms with Gasteiger partial charge in [0.1, 0.15) is 0 Å². The van der Waals surface area contributed by atoms with Gasteiger partial charge in [-0.3, -0.25) is 9.88 Å². The number of aromatic nitrogens is 1. The van der Waals surface area contributed by atoms with E-state index in [1.807, 2.05) is 12.3 Å². The molecule has 0 aromatic carbocycles. The summed E-state index contributed by atoms with van der Waals surface area (Å²) in [6.07, 6.45) is 3.02. The Balaban J connectivity index is 2.03. The van der Waals surface area contributed by atoms with E-state index in [1.54, 1.807) is 0 Å². The highest BCUT2D eigenvalue weighted by molar-refractivity contribution is 9.11. The Morgan fingerprint density at radius 3 is 2.88 bits per heavy atom. The van der Waals surface area contributed by atoms with Crippen LogP contribution in [0.4, 0.5) is 0 Å². The van der Waals surface area contributed by atoms with Crippen molar-refractivity contribution in [2.45, 2.75) is 19.9 Å². The maximum Gasteiger partial charge on any atom is 0.0686 e. The van der Waals surface area contributed by atoms with E-state index >= 15 is 0 Å². The van der Waals surface area contributed by atoms with Gasteiger partial charge in [0.2, 0.25) is 0 Å². The summed E-state index contributed by atoms with van der Waals surface area (Å²) >= 11 is 6.97. The fourth-order valence-electron chi connectivity index (χ4n) is 2.20. The van der Waals surface area contributed by atoms with Crippen LogP contribution in [-0.4, -0.2) is 29.5 Å². The first-order chi connectivity index (χ1) is 8.02. The van der Waals surface area contributed by atoms with Gasteiger partial charge in [-0.05, 0) is 62.9 Å². The van der Waals surface area contributed by atoms with E-state index in [4.69, 9.17) is 5.73 Å². The number of halogens is 2. The van der Waals surface area contributed by atoms with Gasteiger partial charge in [0.25, 0.3) is 0 Å². The molecule has 1 aromatic heterocycles. The molecule has 1 saturated heterocycles. The predicted octanol–water partition coefficient (Wildman–Crippen LogP) is 2.78. The summed E-state index contributed by atoms with van der Waals surface area (Å²) in [5.41, 5.74) is 7.19. The molecule has 94 valence electrons. The lowest BCUT2D eigenvalue weighted by atomic mass is 9.90. The topological polar surface area (TPSA) is 42.1 Å². The Morgan fingerprint density at radius 1 is 1.53 bits per heavy atom. The van der Waals surface area contributed by atoms with E-state index in [0.29, 0.717) is 0 Å². The average molecular weight is 363 g/mol.